The molecule has 4 rings (SSSR count). The number of benzene rings is 1. The lowest BCUT2D eigenvalue weighted by Gasteiger charge is -2.14. The Bertz CT molecular complexity index is 1180. The van der Waals surface area contributed by atoms with Gasteiger partial charge in [0.05, 0.1) is 15.8 Å². The summed E-state index contributed by atoms with van der Waals surface area (Å²) in [5.74, 6) is -3.92. The van der Waals surface area contributed by atoms with Gasteiger partial charge in [-0.25, -0.2) is 26.7 Å². The number of fused-ring (bicyclic) bond motifs is 1. The van der Waals surface area contributed by atoms with Gasteiger partial charge >= 0.3 is 5.69 Å². The summed E-state index contributed by atoms with van der Waals surface area (Å²) in [6.07, 6.45) is 1.10. The molecule has 2 aliphatic carbocycles. The molecule has 2 fully saturated rings. The first-order valence-electron chi connectivity index (χ1n) is 8.59. The largest absolute Gasteiger partial charge is 0.331 e. The summed E-state index contributed by atoms with van der Waals surface area (Å²) in [5.41, 5.74) is -1.69. The van der Waals surface area contributed by atoms with E-state index in [4.69, 9.17) is 0 Å². The van der Waals surface area contributed by atoms with E-state index >= 15 is 0 Å². The van der Waals surface area contributed by atoms with E-state index in [1.54, 1.807) is 6.92 Å². The normalized spacial score (nSPS) is 22.7. The second-order valence-electron chi connectivity index (χ2n) is 7.76. The van der Waals surface area contributed by atoms with E-state index in [2.05, 4.69) is 4.72 Å². The minimum absolute atomic E-state index is 0.00453. The van der Waals surface area contributed by atoms with Gasteiger partial charge < -0.3 is 0 Å². The zero-order valence-electron chi connectivity index (χ0n) is 14.8. The second kappa shape index (κ2) is 5.48. The van der Waals surface area contributed by atoms with Crippen LogP contribution in [0.25, 0.3) is 10.9 Å². The zero-order valence-corrected chi connectivity index (χ0v) is 15.6. The van der Waals surface area contributed by atoms with Crippen molar-refractivity contribution in [2.75, 3.05) is 0 Å². The molecule has 27 heavy (non-hydrogen) atoms. The molecule has 0 saturated heterocycles. The molecule has 1 unspecified atom stereocenters. The molecule has 7 nitrogen and oxygen atoms in total. The number of sulfonamides is 1. The average molecular weight is 399 g/mol. The minimum Gasteiger partial charge on any atom is -0.296 e. The van der Waals surface area contributed by atoms with E-state index in [1.165, 1.54) is 29.8 Å². The van der Waals surface area contributed by atoms with Crippen molar-refractivity contribution >= 4 is 20.9 Å². The Morgan fingerprint density at radius 3 is 2.44 bits per heavy atom. The standard InChI is InChI=1S/C17H19F2N3O4S/c1-16(5-6-16)20-27(25,26)11-3-4-13-12(7-11)14(23)22(15(24)21(13)2)9-10-8-17(10,18)19/h3-4,7,10,20H,5-6,8-9H2,1-2H3. The minimum atomic E-state index is -3.83. The van der Waals surface area contributed by atoms with Crippen LogP contribution in [0.2, 0.25) is 0 Å². The predicted octanol–water partition coefficient (Wildman–Crippen LogP) is 1.19. The van der Waals surface area contributed by atoms with Crippen LogP contribution in [0.1, 0.15) is 26.2 Å². The first-order valence-corrected chi connectivity index (χ1v) is 10.1. The maximum absolute atomic E-state index is 13.2. The third kappa shape index (κ3) is 3.10. The molecule has 0 bridgehead atoms. The lowest BCUT2D eigenvalue weighted by atomic mass is 10.2. The number of aromatic nitrogens is 2. The van der Waals surface area contributed by atoms with E-state index in [0.29, 0.717) is 0 Å². The highest BCUT2D eigenvalue weighted by Gasteiger charge is 2.57. The predicted molar refractivity (Wildman–Crippen MR) is 94.5 cm³/mol. The van der Waals surface area contributed by atoms with Gasteiger partial charge in [0.1, 0.15) is 0 Å². The summed E-state index contributed by atoms with van der Waals surface area (Å²) in [7, 11) is -2.41. The molecule has 0 amide bonds. The van der Waals surface area contributed by atoms with Crippen molar-refractivity contribution in [2.45, 2.75) is 49.1 Å². The topological polar surface area (TPSA) is 90.2 Å². The van der Waals surface area contributed by atoms with Crippen molar-refractivity contribution in [1.29, 1.82) is 0 Å². The van der Waals surface area contributed by atoms with Gasteiger partial charge in [-0.3, -0.25) is 13.9 Å². The molecule has 1 aromatic carbocycles. The average Bonchev–Trinajstić information content (AvgIpc) is 3.45. The second-order valence-corrected chi connectivity index (χ2v) is 9.45. The van der Waals surface area contributed by atoms with Crippen molar-refractivity contribution in [1.82, 2.24) is 13.9 Å². The summed E-state index contributed by atoms with van der Waals surface area (Å²) in [4.78, 5) is 25.1. The van der Waals surface area contributed by atoms with E-state index in [9.17, 15) is 26.8 Å². The molecule has 1 heterocycles. The third-order valence-electron chi connectivity index (χ3n) is 5.37. The molecule has 0 spiro atoms. The molecule has 0 aliphatic heterocycles. The third-order valence-corrected chi connectivity index (χ3v) is 7.01. The number of alkyl halides is 2. The summed E-state index contributed by atoms with van der Waals surface area (Å²) < 4.78 is 56.1. The van der Waals surface area contributed by atoms with Crippen LogP contribution in [-0.4, -0.2) is 29.0 Å². The van der Waals surface area contributed by atoms with Gasteiger partial charge in [0.25, 0.3) is 11.5 Å². The van der Waals surface area contributed by atoms with Gasteiger partial charge in [-0.1, -0.05) is 0 Å². The quantitative estimate of drug-likeness (QED) is 0.818. The number of hydrogen-bond acceptors (Lipinski definition) is 4. The first kappa shape index (κ1) is 18.3. The lowest BCUT2D eigenvalue weighted by Crippen LogP contribution is -2.40. The molecule has 2 aromatic rings. The fourth-order valence-electron chi connectivity index (χ4n) is 3.18. The van der Waals surface area contributed by atoms with Crippen LogP contribution in [-0.2, 0) is 23.6 Å². The molecule has 0 radical (unpaired) electrons. The monoisotopic (exact) mass is 399 g/mol. The van der Waals surface area contributed by atoms with Crippen LogP contribution in [0.4, 0.5) is 8.78 Å². The maximum atomic E-state index is 13.2. The van der Waals surface area contributed by atoms with Gasteiger partial charge in [0.15, 0.2) is 0 Å². The number of hydrogen-bond donors (Lipinski definition) is 1. The van der Waals surface area contributed by atoms with Crippen LogP contribution < -0.4 is 16.0 Å². The highest BCUT2D eigenvalue weighted by atomic mass is 32.2. The fourth-order valence-corrected chi connectivity index (χ4v) is 4.68. The molecular weight excluding hydrogens is 380 g/mol. The van der Waals surface area contributed by atoms with Crippen LogP contribution in [0.5, 0.6) is 0 Å². The molecule has 2 saturated carbocycles. The first-order chi connectivity index (χ1) is 12.4. The fraction of sp³-hybridized carbons (Fsp3) is 0.529. The summed E-state index contributed by atoms with van der Waals surface area (Å²) in [6, 6.07) is 3.92. The van der Waals surface area contributed by atoms with Gasteiger partial charge in [-0.2, -0.15) is 0 Å². The smallest absolute Gasteiger partial charge is 0.296 e. The lowest BCUT2D eigenvalue weighted by molar-refractivity contribution is 0.0945. The van der Waals surface area contributed by atoms with Crippen molar-refractivity contribution in [2.24, 2.45) is 13.0 Å². The van der Waals surface area contributed by atoms with Crippen LogP contribution in [0, 0.1) is 5.92 Å². The van der Waals surface area contributed by atoms with Crippen molar-refractivity contribution in [3.8, 4) is 0 Å². The SMILES string of the molecule is Cn1c(=O)n(CC2CC2(F)F)c(=O)c2cc(S(=O)(=O)NC3(C)CC3)ccc21. The summed E-state index contributed by atoms with van der Waals surface area (Å²) in [5, 5.41) is 0.00453. The number of halogens is 2. The van der Waals surface area contributed by atoms with E-state index in [0.717, 1.165) is 17.4 Å². The van der Waals surface area contributed by atoms with Crippen molar-refractivity contribution in [3.05, 3.63) is 39.0 Å². The summed E-state index contributed by atoms with van der Waals surface area (Å²) >= 11 is 0. The summed E-state index contributed by atoms with van der Waals surface area (Å²) in [6.45, 7) is 1.40. The van der Waals surface area contributed by atoms with Crippen LogP contribution in [0.15, 0.2) is 32.7 Å². The molecule has 1 aromatic heterocycles. The molecule has 1 N–H and O–H groups in total. The van der Waals surface area contributed by atoms with Gasteiger partial charge in [0.2, 0.25) is 10.0 Å². The number of rotatable bonds is 5. The van der Waals surface area contributed by atoms with Crippen molar-refractivity contribution < 1.29 is 17.2 Å². The Balaban J connectivity index is 1.83. The van der Waals surface area contributed by atoms with Crippen LogP contribution >= 0.6 is 0 Å². The maximum Gasteiger partial charge on any atom is 0.331 e. The Hall–Kier alpha value is -2.07. The molecule has 2 aliphatic rings. The highest BCUT2D eigenvalue weighted by molar-refractivity contribution is 7.89. The number of aryl methyl sites for hydroxylation is 1. The Kier molecular flexibility index (Phi) is 3.71. The number of nitrogens with one attached hydrogen (secondary N) is 1. The highest BCUT2D eigenvalue weighted by Crippen LogP contribution is 2.49. The van der Waals surface area contributed by atoms with E-state index in [1.807, 2.05) is 0 Å². The molecule has 10 heteroatoms. The zero-order chi connectivity index (χ0) is 19.8. The molecule has 146 valence electrons. The Morgan fingerprint density at radius 1 is 1.26 bits per heavy atom. The molecular formula is C17H19F2N3O4S. The van der Waals surface area contributed by atoms with Crippen LogP contribution in [0.3, 0.4) is 0 Å². The van der Waals surface area contributed by atoms with E-state index < -0.39 is 38.7 Å². The van der Waals surface area contributed by atoms with Gasteiger partial charge in [-0.05, 0) is 38.0 Å². The van der Waals surface area contributed by atoms with Crippen molar-refractivity contribution in [3.63, 3.8) is 0 Å². The Labute approximate surface area is 153 Å². The molecule has 1 atom stereocenters. The van der Waals surface area contributed by atoms with Gasteiger partial charge in [0, 0.05) is 31.5 Å². The van der Waals surface area contributed by atoms with E-state index in [-0.39, 0.29) is 28.8 Å². The van der Waals surface area contributed by atoms with Gasteiger partial charge in [-0.15, -0.1) is 0 Å². The Morgan fingerprint density at radius 2 is 1.89 bits per heavy atom. The number of nitrogens with zero attached hydrogens (tertiary/aromatic N) is 2.